The SMILES string of the molecule is COC(=O)c1cc(N2CCC[C@H]3CCCC[C@H]32)ncc1N. The van der Waals surface area contributed by atoms with Crippen molar-refractivity contribution in [2.75, 3.05) is 24.3 Å². The number of carbonyl (C=O) groups is 1. The van der Waals surface area contributed by atoms with Gasteiger partial charge in [-0.05, 0) is 37.7 Å². The number of ether oxygens (including phenoxy) is 1. The first kappa shape index (κ1) is 14.2. The topological polar surface area (TPSA) is 68.5 Å². The summed E-state index contributed by atoms with van der Waals surface area (Å²) >= 11 is 0. The number of anilines is 2. The highest BCUT2D eigenvalue weighted by Gasteiger charge is 2.34. The Morgan fingerprint density at radius 2 is 2.10 bits per heavy atom. The lowest BCUT2D eigenvalue weighted by molar-refractivity contribution is 0.0602. The van der Waals surface area contributed by atoms with Crippen molar-refractivity contribution < 1.29 is 9.53 Å². The average Bonchev–Trinajstić information content (AvgIpc) is 2.54. The zero-order valence-corrected chi connectivity index (χ0v) is 12.5. The molecule has 1 aliphatic heterocycles. The summed E-state index contributed by atoms with van der Waals surface area (Å²) in [6, 6.07) is 2.35. The van der Waals surface area contributed by atoms with Gasteiger partial charge in [0.2, 0.25) is 0 Å². The molecule has 5 nitrogen and oxygen atoms in total. The molecule has 0 radical (unpaired) electrons. The van der Waals surface area contributed by atoms with Gasteiger partial charge in [-0.25, -0.2) is 9.78 Å². The molecule has 114 valence electrons. The van der Waals surface area contributed by atoms with Crippen molar-refractivity contribution in [2.45, 2.75) is 44.6 Å². The molecule has 0 aromatic carbocycles. The van der Waals surface area contributed by atoms with Crippen molar-refractivity contribution in [3.63, 3.8) is 0 Å². The van der Waals surface area contributed by atoms with Gasteiger partial charge in [-0.2, -0.15) is 0 Å². The molecule has 21 heavy (non-hydrogen) atoms. The standard InChI is InChI=1S/C16H23N3O2/c1-21-16(20)12-9-15(18-10-13(12)17)19-8-4-6-11-5-2-3-7-14(11)19/h9-11,14H,2-8,17H2,1H3/t11-,14-/m1/s1. The van der Waals surface area contributed by atoms with Crippen LogP contribution in [-0.4, -0.2) is 30.6 Å². The number of fused-ring (bicyclic) bond motifs is 1. The lowest BCUT2D eigenvalue weighted by atomic mass is 9.78. The quantitative estimate of drug-likeness (QED) is 0.848. The molecule has 2 aliphatic rings. The molecule has 0 bridgehead atoms. The smallest absolute Gasteiger partial charge is 0.340 e. The Bertz CT molecular complexity index is 530. The Morgan fingerprint density at radius 1 is 1.33 bits per heavy atom. The minimum Gasteiger partial charge on any atom is -0.465 e. The van der Waals surface area contributed by atoms with E-state index in [2.05, 4.69) is 9.88 Å². The largest absolute Gasteiger partial charge is 0.465 e. The molecule has 2 atom stereocenters. The van der Waals surface area contributed by atoms with Crippen molar-refractivity contribution in [1.82, 2.24) is 4.98 Å². The van der Waals surface area contributed by atoms with Gasteiger partial charge in [-0.3, -0.25) is 0 Å². The Labute approximate surface area is 125 Å². The number of nitrogen functional groups attached to an aromatic ring is 1. The summed E-state index contributed by atoms with van der Waals surface area (Å²) in [6.45, 7) is 1.01. The van der Waals surface area contributed by atoms with Gasteiger partial charge in [0.15, 0.2) is 0 Å². The lowest BCUT2D eigenvalue weighted by Gasteiger charge is -2.44. The van der Waals surface area contributed by atoms with E-state index >= 15 is 0 Å². The average molecular weight is 289 g/mol. The van der Waals surface area contributed by atoms with Crippen molar-refractivity contribution in [1.29, 1.82) is 0 Å². The van der Waals surface area contributed by atoms with Crippen LogP contribution in [0.15, 0.2) is 12.3 Å². The molecule has 1 saturated heterocycles. The van der Waals surface area contributed by atoms with Gasteiger partial charge in [-0.15, -0.1) is 0 Å². The Morgan fingerprint density at radius 3 is 2.90 bits per heavy atom. The van der Waals surface area contributed by atoms with Crippen LogP contribution in [0.1, 0.15) is 48.9 Å². The molecule has 1 aromatic rings. The molecule has 1 saturated carbocycles. The van der Waals surface area contributed by atoms with Crippen LogP contribution in [0.2, 0.25) is 0 Å². The fourth-order valence-electron chi connectivity index (χ4n) is 3.81. The monoisotopic (exact) mass is 289 g/mol. The van der Waals surface area contributed by atoms with E-state index in [1.165, 1.54) is 45.6 Å². The van der Waals surface area contributed by atoms with Gasteiger partial charge in [0.1, 0.15) is 5.82 Å². The fourth-order valence-corrected chi connectivity index (χ4v) is 3.81. The van der Waals surface area contributed by atoms with E-state index in [4.69, 9.17) is 10.5 Å². The highest BCUT2D eigenvalue weighted by atomic mass is 16.5. The Kier molecular flexibility index (Phi) is 3.99. The first-order valence-electron chi connectivity index (χ1n) is 7.81. The number of carbonyl (C=O) groups excluding carboxylic acids is 1. The summed E-state index contributed by atoms with van der Waals surface area (Å²) in [5, 5.41) is 0. The number of pyridine rings is 1. The molecule has 2 heterocycles. The van der Waals surface area contributed by atoms with Gasteiger partial charge in [-0.1, -0.05) is 12.8 Å². The van der Waals surface area contributed by atoms with Gasteiger partial charge in [0.05, 0.1) is 24.6 Å². The zero-order valence-electron chi connectivity index (χ0n) is 12.5. The van der Waals surface area contributed by atoms with Crippen LogP contribution in [0.5, 0.6) is 0 Å². The number of nitrogens with two attached hydrogens (primary N) is 1. The number of hydrogen-bond acceptors (Lipinski definition) is 5. The van der Waals surface area contributed by atoms with E-state index < -0.39 is 5.97 Å². The predicted octanol–water partition coefficient (Wildman–Crippen LogP) is 2.61. The van der Waals surface area contributed by atoms with E-state index in [0.717, 1.165) is 18.3 Å². The van der Waals surface area contributed by atoms with Crippen LogP contribution < -0.4 is 10.6 Å². The van der Waals surface area contributed by atoms with Gasteiger partial charge < -0.3 is 15.4 Å². The van der Waals surface area contributed by atoms with Crippen LogP contribution >= 0.6 is 0 Å². The zero-order chi connectivity index (χ0) is 14.8. The van der Waals surface area contributed by atoms with Crippen LogP contribution in [0.3, 0.4) is 0 Å². The van der Waals surface area contributed by atoms with E-state index in [9.17, 15) is 4.79 Å². The minimum atomic E-state index is -0.395. The predicted molar refractivity (Wildman–Crippen MR) is 82.3 cm³/mol. The van der Waals surface area contributed by atoms with Crippen LogP contribution in [0, 0.1) is 5.92 Å². The molecule has 2 N–H and O–H groups in total. The molecule has 1 aliphatic carbocycles. The summed E-state index contributed by atoms with van der Waals surface area (Å²) < 4.78 is 4.80. The van der Waals surface area contributed by atoms with Gasteiger partial charge in [0.25, 0.3) is 0 Å². The van der Waals surface area contributed by atoms with Crippen LogP contribution in [-0.2, 0) is 4.74 Å². The number of hydrogen-bond donors (Lipinski definition) is 1. The van der Waals surface area contributed by atoms with Crippen molar-refractivity contribution in [2.24, 2.45) is 5.92 Å². The molecule has 0 spiro atoms. The van der Waals surface area contributed by atoms with Gasteiger partial charge >= 0.3 is 5.97 Å². The summed E-state index contributed by atoms with van der Waals surface area (Å²) in [6.07, 6.45) is 9.27. The Hall–Kier alpha value is -1.78. The van der Waals surface area contributed by atoms with Crippen molar-refractivity contribution in [3.05, 3.63) is 17.8 Å². The molecular formula is C16H23N3O2. The lowest BCUT2D eigenvalue weighted by Crippen LogP contribution is -2.47. The first-order chi connectivity index (χ1) is 10.2. The van der Waals surface area contributed by atoms with E-state index in [1.807, 2.05) is 0 Å². The third kappa shape index (κ3) is 2.69. The highest BCUT2D eigenvalue weighted by molar-refractivity contribution is 5.95. The first-order valence-corrected chi connectivity index (χ1v) is 7.81. The number of piperidine rings is 1. The molecule has 1 aromatic heterocycles. The van der Waals surface area contributed by atoms with Crippen LogP contribution in [0.25, 0.3) is 0 Å². The summed E-state index contributed by atoms with van der Waals surface area (Å²) in [5.74, 6) is 1.24. The van der Waals surface area contributed by atoms with E-state index in [0.29, 0.717) is 17.3 Å². The molecule has 0 unspecified atom stereocenters. The molecule has 3 rings (SSSR count). The third-order valence-electron chi connectivity index (χ3n) is 4.86. The number of aromatic nitrogens is 1. The Balaban J connectivity index is 1.90. The minimum absolute atomic E-state index is 0.378. The fraction of sp³-hybridized carbons (Fsp3) is 0.625. The summed E-state index contributed by atoms with van der Waals surface area (Å²) in [4.78, 5) is 18.6. The van der Waals surface area contributed by atoms with Crippen molar-refractivity contribution in [3.8, 4) is 0 Å². The van der Waals surface area contributed by atoms with Crippen LogP contribution in [0.4, 0.5) is 11.5 Å². The maximum Gasteiger partial charge on any atom is 0.340 e. The van der Waals surface area contributed by atoms with Crippen molar-refractivity contribution >= 4 is 17.5 Å². The number of rotatable bonds is 2. The number of methoxy groups -OCH3 is 1. The van der Waals surface area contributed by atoms with E-state index in [1.54, 1.807) is 12.3 Å². The summed E-state index contributed by atoms with van der Waals surface area (Å²) in [5.41, 5.74) is 6.64. The number of nitrogens with zero attached hydrogens (tertiary/aromatic N) is 2. The van der Waals surface area contributed by atoms with Gasteiger partial charge in [0, 0.05) is 12.6 Å². The van der Waals surface area contributed by atoms with E-state index in [-0.39, 0.29) is 0 Å². The molecule has 5 heteroatoms. The normalized spacial score (nSPS) is 25.3. The molecular weight excluding hydrogens is 266 g/mol. The second-order valence-electron chi connectivity index (χ2n) is 6.07. The summed E-state index contributed by atoms with van der Waals surface area (Å²) in [7, 11) is 1.37. The third-order valence-corrected chi connectivity index (χ3v) is 4.86. The highest BCUT2D eigenvalue weighted by Crippen LogP contribution is 2.37. The maximum atomic E-state index is 11.8. The maximum absolute atomic E-state index is 11.8. The second kappa shape index (κ2) is 5.92. The second-order valence-corrected chi connectivity index (χ2v) is 6.07. The molecule has 0 amide bonds. The number of esters is 1. The molecule has 2 fully saturated rings.